The summed E-state index contributed by atoms with van der Waals surface area (Å²) >= 11 is 0. The maximum atomic E-state index is 12.7. The highest BCUT2D eigenvalue weighted by atomic mass is 16.2. The van der Waals surface area contributed by atoms with Gasteiger partial charge in [0.25, 0.3) is 0 Å². The van der Waals surface area contributed by atoms with Gasteiger partial charge in [-0.1, -0.05) is 61.4 Å². The molecular formula is C18H26BNO. The number of likely N-dealkylation sites (tertiary alicyclic amines) is 1. The van der Waals surface area contributed by atoms with Crippen LogP contribution in [0.2, 0.25) is 6.82 Å². The Balaban J connectivity index is 1.66. The second-order valence-corrected chi connectivity index (χ2v) is 6.64. The van der Waals surface area contributed by atoms with Gasteiger partial charge in [-0.15, -0.1) is 0 Å². The highest BCUT2D eigenvalue weighted by molar-refractivity contribution is 6.52. The van der Waals surface area contributed by atoms with Gasteiger partial charge in [0, 0.05) is 18.5 Å². The molecule has 1 heterocycles. The third-order valence-corrected chi connectivity index (χ3v) is 5.33. The number of hydrogen-bond acceptors (Lipinski definition) is 1. The maximum Gasteiger partial charge on any atom is 0.226 e. The molecule has 1 aromatic carbocycles. The van der Waals surface area contributed by atoms with Crippen LogP contribution in [0, 0.1) is 5.92 Å². The molecule has 1 atom stereocenters. The van der Waals surface area contributed by atoms with Gasteiger partial charge in [-0.3, -0.25) is 4.79 Å². The Labute approximate surface area is 129 Å². The SMILES string of the molecule is CBc1ccccc1CC1CCN(C2CCCCC2)C1=O. The van der Waals surface area contributed by atoms with E-state index in [4.69, 9.17) is 0 Å². The molecular weight excluding hydrogens is 257 g/mol. The molecule has 0 bridgehead atoms. The predicted octanol–water partition coefficient (Wildman–Crippen LogP) is 2.52. The second kappa shape index (κ2) is 6.68. The van der Waals surface area contributed by atoms with Crippen molar-refractivity contribution in [3.8, 4) is 0 Å². The molecule has 2 nitrogen and oxygen atoms in total. The molecule has 2 aliphatic rings. The van der Waals surface area contributed by atoms with Crippen molar-refractivity contribution >= 4 is 18.6 Å². The Morgan fingerprint density at radius 3 is 2.67 bits per heavy atom. The van der Waals surface area contributed by atoms with Crippen LogP contribution in [0.25, 0.3) is 0 Å². The summed E-state index contributed by atoms with van der Waals surface area (Å²) in [7, 11) is 1.06. The van der Waals surface area contributed by atoms with Gasteiger partial charge < -0.3 is 4.90 Å². The normalized spacial score (nSPS) is 23.6. The maximum absolute atomic E-state index is 12.7. The average molecular weight is 283 g/mol. The lowest BCUT2D eigenvalue weighted by Crippen LogP contribution is -2.39. The van der Waals surface area contributed by atoms with E-state index in [2.05, 4.69) is 36.0 Å². The van der Waals surface area contributed by atoms with Crippen molar-refractivity contribution in [2.24, 2.45) is 5.92 Å². The van der Waals surface area contributed by atoms with Crippen LogP contribution < -0.4 is 5.46 Å². The predicted molar refractivity (Wildman–Crippen MR) is 89.5 cm³/mol. The van der Waals surface area contributed by atoms with Crippen LogP contribution in [0.4, 0.5) is 0 Å². The van der Waals surface area contributed by atoms with E-state index in [9.17, 15) is 4.79 Å². The van der Waals surface area contributed by atoms with E-state index in [0.717, 1.165) is 26.7 Å². The first kappa shape index (κ1) is 14.7. The van der Waals surface area contributed by atoms with Crippen LogP contribution >= 0.6 is 0 Å². The zero-order chi connectivity index (χ0) is 14.7. The largest absolute Gasteiger partial charge is 0.339 e. The molecule has 3 rings (SSSR count). The van der Waals surface area contributed by atoms with Crippen LogP contribution in [0.15, 0.2) is 24.3 Å². The highest BCUT2D eigenvalue weighted by Gasteiger charge is 2.36. The summed E-state index contributed by atoms with van der Waals surface area (Å²) in [6, 6.07) is 9.15. The molecule has 1 amide bonds. The minimum Gasteiger partial charge on any atom is -0.339 e. The lowest BCUT2D eigenvalue weighted by atomic mass is 9.70. The van der Waals surface area contributed by atoms with Gasteiger partial charge in [-0.05, 0) is 25.7 Å². The lowest BCUT2D eigenvalue weighted by molar-refractivity contribution is -0.133. The lowest BCUT2D eigenvalue weighted by Gasteiger charge is -2.31. The van der Waals surface area contributed by atoms with Crippen molar-refractivity contribution in [2.75, 3.05) is 6.54 Å². The molecule has 1 aromatic rings. The molecule has 3 heteroatoms. The molecule has 0 N–H and O–H groups in total. The molecule has 21 heavy (non-hydrogen) atoms. The standard InChI is InChI=1S/C18H26BNO/c1-19-17-10-6-5-7-14(17)13-15-11-12-20(18(15)21)16-8-3-2-4-9-16/h5-7,10,15-16,19H,2-4,8-9,11-13H2,1H3. The fraction of sp³-hybridized carbons (Fsp3) is 0.611. The summed E-state index contributed by atoms with van der Waals surface area (Å²) in [5, 5.41) is 0. The smallest absolute Gasteiger partial charge is 0.226 e. The number of carbonyl (C=O) groups is 1. The number of hydrogen-bond donors (Lipinski definition) is 0. The molecule has 0 spiro atoms. The summed E-state index contributed by atoms with van der Waals surface area (Å²) in [5.74, 6) is 0.646. The van der Waals surface area contributed by atoms with E-state index in [1.54, 1.807) is 0 Å². The van der Waals surface area contributed by atoms with Crippen LogP contribution in [-0.4, -0.2) is 30.7 Å². The summed E-state index contributed by atoms with van der Waals surface area (Å²) in [6.45, 7) is 3.19. The fourth-order valence-corrected chi connectivity index (χ4v) is 4.07. The monoisotopic (exact) mass is 283 g/mol. The first-order valence-corrected chi connectivity index (χ1v) is 8.67. The van der Waals surface area contributed by atoms with E-state index in [1.165, 1.54) is 43.1 Å². The molecule has 1 aliphatic heterocycles. The van der Waals surface area contributed by atoms with Gasteiger partial charge in [0.1, 0.15) is 0 Å². The molecule has 2 fully saturated rings. The molecule has 1 aliphatic carbocycles. The van der Waals surface area contributed by atoms with E-state index >= 15 is 0 Å². The van der Waals surface area contributed by atoms with Crippen LogP contribution in [-0.2, 0) is 11.2 Å². The summed E-state index contributed by atoms with van der Waals surface area (Å²) < 4.78 is 0. The third-order valence-electron chi connectivity index (χ3n) is 5.33. The summed E-state index contributed by atoms with van der Waals surface area (Å²) in [5.41, 5.74) is 2.78. The molecule has 1 saturated heterocycles. The molecule has 0 radical (unpaired) electrons. The van der Waals surface area contributed by atoms with E-state index in [-0.39, 0.29) is 5.92 Å². The number of carbonyl (C=O) groups excluding carboxylic acids is 1. The van der Waals surface area contributed by atoms with Crippen molar-refractivity contribution in [1.82, 2.24) is 4.90 Å². The number of rotatable bonds is 4. The van der Waals surface area contributed by atoms with Crippen molar-refractivity contribution < 1.29 is 4.79 Å². The molecule has 112 valence electrons. The second-order valence-electron chi connectivity index (χ2n) is 6.64. The minimum atomic E-state index is 0.222. The van der Waals surface area contributed by atoms with E-state index in [0.29, 0.717) is 11.9 Å². The first-order chi connectivity index (χ1) is 10.3. The first-order valence-electron chi connectivity index (χ1n) is 8.67. The number of nitrogens with zero attached hydrogens (tertiary/aromatic N) is 1. The van der Waals surface area contributed by atoms with E-state index < -0.39 is 0 Å². The average Bonchev–Trinajstić information content (AvgIpc) is 2.90. The van der Waals surface area contributed by atoms with Crippen LogP contribution in [0.1, 0.15) is 44.1 Å². The molecule has 1 unspecified atom stereocenters. The Bertz CT molecular complexity index is 496. The van der Waals surface area contributed by atoms with Crippen molar-refractivity contribution in [2.45, 2.75) is 57.8 Å². The van der Waals surface area contributed by atoms with Gasteiger partial charge in [-0.25, -0.2) is 0 Å². The zero-order valence-corrected chi connectivity index (χ0v) is 13.2. The molecule has 1 saturated carbocycles. The zero-order valence-electron chi connectivity index (χ0n) is 13.2. The highest BCUT2D eigenvalue weighted by Crippen LogP contribution is 2.30. The van der Waals surface area contributed by atoms with Gasteiger partial charge >= 0.3 is 0 Å². The topological polar surface area (TPSA) is 20.3 Å². The molecule has 0 aromatic heterocycles. The Hall–Kier alpha value is -1.25. The Morgan fingerprint density at radius 1 is 1.14 bits per heavy atom. The van der Waals surface area contributed by atoms with Gasteiger partial charge in [-0.2, -0.15) is 0 Å². The van der Waals surface area contributed by atoms with Crippen LogP contribution in [0.3, 0.4) is 0 Å². The quantitative estimate of drug-likeness (QED) is 0.778. The Morgan fingerprint density at radius 2 is 1.90 bits per heavy atom. The van der Waals surface area contributed by atoms with Crippen molar-refractivity contribution in [3.63, 3.8) is 0 Å². The summed E-state index contributed by atoms with van der Waals surface area (Å²) in [6.07, 6.45) is 8.40. The number of amides is 1. The van der Waals surface area contributed by atoms with Crippen molar-refractivity contribution in [3.05, 3.63) is 29.8 Å². The summed E-state index contributed by atoms with van der Waals surface area (Å²) in [4.78, 5) is 14.9. The van der Waals surface area contributed by atoms with Gasteiger partial charge in [0.05, 0.1) is 0 Å². The van der Waals surface area contributed by atoms with E-state index in [1.807, 2.05) is 0 Å². The fourth-order valence-electron chi connectivity index (χ4n) is 4.07. The minimum absolute atomic E-state index is 0.222. The van der Waals surface area contributed by atoms with Gasteiger partial charge in [0.2, 0.25) is 5.91 Å². The van der Waals surface area contributed by atoms with Crippen molar-refractivity contribution in [1.29, 1.82) is 0 Å². The third kappa shape index (κ3) is 3.17. The van der Waals surface area contributed by atoms with Crippen LogP contribution in [0.5, 0.6) is 0 Å². The van der Waals surface area contributed by atoms with Gasteiger partial charge in [0.15, 0.2) is 7.28 Å². The number of benzene rings is 1. The Kier molecular flexibility index (Phi) is 4.67.